The number of hydrogen-bond acceptors (Lipinski definition) is 5. The fraction of sp³-hybridized carbons (Fsp3) is 0.884. The molecular formula is C69H131NO5. The van der Waals surface area contributed by atoms with E-state index in [2.05, 4.69) is 43.5 Å². The number of carbonyl (C=O) groups is 2. The molecule has 0 aliphatic heterocycles. The van der Waals surface area contributed by atoms with Crippen molar-refractivity contribution >= 4 is 11.9 Å². The van der Waals surface area contributed by atoms with Crippen LogP contribution in [0.25, 0.3) is 0 Å². The minimum absolute atomic E-state index is 0.00593. The number of hydrogen-bond donors (Lipinski definition) is 3. The Kier molecular flexibility index (Phi) is 63.0. The van der Waals surface area contributed by atoms with Gasteiger partial charge in [-0.1, -0.05) is 307 Å². The van der Waals surface area contributed by atoms with E-state index in [0.717, 1.165) is 44.9 Å². The van der Waals surface area contributed by atoms with Gasteiger partial charge in [-0.15, -0.1) is 0 Å². The summed E-state index contributed by atoms with van der Waals surface area (Å²) in [5, 5.41) is 23.2. The molecule has 0 aromatic carbocycles. The van der Waals surface area contributed by atoms with E-state index in [1.807, 2.05) is 6.08 Å². The first-order chi connectivity index (χ1) is 37.0. The zero-order valence-electron chi connectivity index (χ0n) is 50.5. The van der Waals surface area contributed by atoms with E-state index in [4.69, 9.17) is 4.74 Å². The van der Waals surface area contributed by atoms with Crippen molar-refractivity contribution in [3.63, 3.8) is 0 Å². The van der Waals surface area contributed by atoms with Crippen molar-refractivity contribution in [2.24, 2.45) is 0 Å². The smallest absolute Gasteiger partial charge is 0.305 e. The standard InChI is InChI=1S/C69H131NO5/c1-3-5-7-9-11-13-15-17-19-30-33-37-41-45-49-53-57-61-67(72)66(65-71)70-68(73)62-58-54-50-46-42-38-34-31-28-26-24-22-21-23-25-27-29-32-36-40-44-48-52-56-60-64-75-69(74)63-59-55-51-47-43-39-35-20-18-16-14-12-10-8-6-4-2/h20,22,24,35,57,61,66-67,71-72H,3-19,21,23,25-34,36-56,58-60,62-65H2,1-2H3,(H,70,73)/b24-22-,35-20-,61-57+. The van der Waals surface area contributed by atoms with Crippen LogP contribution < -0.4 is 5.32 Å². The number of allylic oxidation sites excluding steroid dienone is 5. The van der Waals surface area contributed by atoms with Gasteiger partial charge in [0, 0.05) is 12.8 Å². The Bertz CT molecular complexity index is 1210. The van der Waals surface area contributed by atoms with Gasteiger partial charge >= 0.3 is 5.97 Å². The Labute approximate surface area is 468 Å². The second-order valence-electron chi connectivity index (χ2n) is 23.1. The fourth-order valence-electron chi connectivity index (χ4n) is 10.4. The first-order valence-corrected chi connectivity index (χ1v) is 33.8. The molecule has 6 nitrogen and oxygen atoms in total. The Morgan fingerprint density at radius 2 is 0.627 bits per heavy atom. The van der Waals surface area contributed by atoms with Gasteiger partial charge in [0.1, 0.15) is 0 Å². The van der Waals surface area contributed by atoms with Gasteiger partial charge in [0.25, 0.3) is 0 Å². The summed E-state index contributed by atoms with van der Waals surface area (Å²) in [5.41, 5.74) is 0. The van der Waals surface area contributed by atoms with E-state index < -0.39 is 12.1 Å². The molecule has 1 amide bonds. The van der Waals surface area contributed by atoms with Gasteiger partial charge in [-0.3, -0.25) is 9.59 Å². The number of unbranched alkanes of at least 4 members (excludes halogenated alkanes) is 48. The van der Waals surface area contributed by atoms with E-state index in [1.165, 1.54) is 295 Å². The third kappa shape index (κ3) is 61.2. The second-order valence-corrected chi connectivity index (χ2v) is 23.1. The Morgan fingerprint density at radius 3 is 0.947 bits per heavy atom. The number of ether oxygens (including phenoxy) is 1. The molecule has 0 heterocycles. The molecule has 0 aliphatic carbocycles. The first kappa shape index (κ1) is 73.1. The minimum Gasteiger partial charge on any atom is -0.466 e. The molecule has 0 radical (unpaired) electrons. The number of amides is 1. The van der Waals surface area contributed by atoms with Crippen molar-refractivity contribution in [1.29, 1.82) is 0 Å². The van der Waals surface area contributed by atoms with Crippen LogP contribution in [0.2, 0.25) is 0 Å². The maximum absolute atomic E-state index is 12.5. The molecule has 0 aromatic heterocycles. The third-order valence-corrected chi connectivity index (χ3v) is 15.6. The highest BCUT2D eigenvalue weighted by Gasteiger charge is 2.18. The number of esters is 1. The van der Waals surface area contributed by atoms with Crippen LogP contribution in [-0.4, -0.2) is 47.4 Å². The molecule has 0 saturated heterocycles. The van der Waals surface area contributed by atoms with Gasteiger partial charge in [0.05, 0.1) is 25.4 Å². The van der Waals surface area contributed by atoms with Gasteiger partial charge < -0.3 is 20.3 Å². The number of aliphatic hydroxyl groups is 2. The molecular weight excluding hydrogens is 923 g/mol. The highest BCUT2D eigenvalue weighted by Crippen LogP contribution is 2.18. The normalized spacial score (nSPS) is 12.7. The molecule has 0 spiro atoms. The van der Waals surface area contributed by atoms with Crippen LogP contribution in [0.4, 0.5) is 0 Å². The highest BCUT2D eigenvalue weighted by molar-refractivity contribution is 5.76. The van der Waals surface area contributed by atoms with Crippen molar-refractivity contribution < 1.29 is 24.5 Å². The highest BCUT2D eigenvalue weighted by atomic mass is 16.5. The number of nitrogens with one attached hydrogen (secondary N) is 1. The first-order valence-electron chi connectivity index (χ1n) is 33.8. The Balaban J connectivity index is 3.42. The molecule has 0 saturated carbocycles. The molecule has 0 aromatic rings. The largest absolute Gasteiger partial charge is 0.466 e. The topological polar surface area (TPSA) is 95.9 Å². The van der Waals surface area contributed by atoms with Gasteiger partial charge in [-0.05, 0) is 83.5 Å². The van der Waals surface area contributed by atoms with Crippen LogP contribution in [0.5, 0.6) is 0 Å². The van der Waals surface area contributed by atoms with Crippen molar-refractivity contribution in [2.45, 2.75) is 379 Å². The zero-order chi connectivity index (χ0) is 54.3. The third-order valence-electron chi connectivity index (χ3n) is 15.6. The Morgan fingerprint density at radius 1 is 0.360 bits per heavy atom. The number of aliphatic hydroxyl groups excluding tert-OH is 2. The van der Waals surface area contributed by atoms with Crippen LogP contribution in [0, 0.1) is 0 Å². The van der Waals surface area contributed by atoms with E-state index in [-0.39, 0.29) is 18.5 Å². The lowest BCUT2D eigenvalue weighted by molar-refractivity contribution is -0.143. The molecule has 0 aliphatic rings. The summed E-state index contributed by atoms with van der Waals surface area (Å²) >= 11 is 0. The maximum Gasteiger partial charge on any atom is 0.305 e. The van der Waals surface area contributed by atoms with E-state index >= 15 is 0 Å². The summed E-state index contributed by atoms with van der Waals surface area (Å²) in [5.74, 6) is -0.0629. The average molecular weight is 1050 g/mol. The van der Waals surface area contributed by atoms with Gasteiger partial charge in [-0.2, -0.15) is 0 Å². The van der Waals surface area contributed by atoms with Gasteiger partial charge in [0.2, 0.25) is 5.91 Å². The lowest BCUT2D eigenvalue weighted by Gasteiger charge is -2.20. The van der Waals surface area contributed by atoms with Crippen molar-refractivity contribution in [2.75, 3.05) is 13.2 Å². The molecule has 442 valence electrons. The summed E-state index contributed by atoms with van der Waals surface area (Å²) in [6, 6.07) is -0.631. The SMILES string of the molecule is CCCCCCCCC/C=C\CCCCCCCC(=O)OCCCCCCCCCCCCCC/C=C\CCCCCCCCCCCC(=O)NC(CO)C(O)/C=C/CCCCCCCCCCCCCCCCC. The van der Waals surface area contributed by atoms with Crippen LogP contribution in [0.15, 0.2) is 36.5 Å². The quantitative estimate of drug-likeness (QED) is 0.0320. The predicted molar refractivity (Wildman–Crippen MR) is 329 cm³/mol. The van der Waals surface area contributed by atoms with Gasteiger partial charge in [-0.25, -0.2) is 0 Å². The average Bonchev–Trinajstić information content (AvgIpc) is 3.41. The molecule has 3 N–H and O–H groups in total. The fourth-order valence-corrected chi connectivity index (χ4v) is 10.4. The number of carbonyl (C=O) groups excluding carboxylic acids is 2. The molecule has 6 heteroatoms. The summed E-state index contributed by atoms with van der Waals surface area (Å²) in [6.07, 6.45) is 82.0. The molecule has 0 fully saturated rings. The summed E-state index contributed by atoms with van der Waals surface area (Å²) in [4.78, 5) is 24.6. The van der Waals surface area contributed by atoms with E-state index in [0.29, 0.717) is 19.4 Å². The minimum atomic E-state index is -0.847. The van der Waals surface area contributed by atoms with Crippen molar-refractivity contribution in [3.05, 3.63) is 36.5 Å². The lowest BCUT2D eigenvalue weighted by atomic mass is 10.0. The zero-order valence-corrected chi connectivity index (χ0v) is 50.5. The van der Waals surface area contributed by atoms with Crippen LogP contribution in [-0.2, 0) is 14.3 Å². The summed E-state index contributed by atoms with van der Waals surface area (Å²) < 4.78 is 5.49. The van der Waals surface area contributed by atoms with Crippen molar-refractivity contribution in [3.8, 4) is 0 Å². The predicted octanol–water partition coefficient (Wildman–Crippen LogP) is 21.5. The van der Waals surface area contributed by atoms with Crippen LogP contribution in [0.1, 0.15) is 367 Å². The lowest BCUT2D eigenvalue weighted by Crippen LogP contribution is -2.45. The molecule has 75 heavy (non-hydrogen) atoms. The van der Waals surface area contributed by atoms with Crippen LogP contribution in [0.3, 0.4) is 0 Å². The Hall–Kier alpha value is -1.92. The van der Waals surface area contributed by atoms with Gasteiger partial charge in [0.15, 0.2) is 0 Å². The molecule has 2 atom stereocenters. The second kappa shape index (κ2) is 64.6. The number of rotatable bonds is 63. The molecule has 0 rings (SSSR count). The maximum atomic E-state index is 12.5. The summed E-state index contributed by atoms with van der Waals surface area (Å²) in [6.45, 7) is 4.92. The summed E-state index contributed by atoms with van der Waals surface area (Å²) in [7, 11) is 0. The van der Waals surface area contributed by atoms with E-state index in [9.17, 15) is 19.8 Å². The van der Waals surface area contributed by atoms with Crippen LogP contribution >= 0.6 is 0 Å². The molecule has 0 bridgehead atoms. The van der Waals surface area contributed by atoms with E-state index in [1.54, 1.807) is 6.08 Å². The monoisotopic (exact) mass is 1050 g/mol. The van der Waals surface area contributed by atoms with Crippen molar-refractivity contribution in [1.82, 2.24) is 5.32 Å². The molecule has 2 unspecified atom stereocenters.